The van der Waals surface area contributed by atoms with Gasteiger partial charge in [0.05, 0.1) is 12.7 Å². The first-order valence-corrected chi connectivity index (χ1v) is 12.2. The Morgan fingerprint density at radius 1 is 1.23 bits per heavy atom. The molecule has 1 aromatic heterocycles. The van der Waals surface area contributed by atoms with Crippen LogP contribution in [0.4, 0.5) is 0 Å². The number of carbonyl (C=O) groups is 1. The molecule has 2 heterocycles. The van der Waals surface area contributed by atoms with Gasteiger partial charge in [-0.05, 0) is 32.9 Å². The van der Waals surface area contributed by atoms with Crippen molar-refractivity contribution in [2.75, 3.05) is 6.61 Å². The summed E-state index contributed by atoms with van der Waals surface area (Å²) >= 11 is 0. The van der Waals surface area contributed by atoms with Gasteiger partial charge in [0, 0.05) is 0 Å². The molecule has 0 aliphatic carbocycles. The van der Waals surface area contributed by atoms with Crippen LogP contribution >= 0.6 is 7.75 Å². The zero-order valence-electron chi connectivity index (χ0n) is 19.1. The minimum atomic E-state index is -4.26. The van der Waals surface area contributed by atoms with E-state index in [0.29, 0.717) is 4.68 Å². The second-order valence-electron chi connectivity index (χ2n) is 7.96. The maximum atomic E-state index is 13.5. The predicted octanol–water partition coefficient (Wildman–Crippen LogP) is -0.316. The number of hydrogen-bond acceptors (Lipinski definition) is 11. The Morgan fingerprint density at radius 2 is 1.91 bits per heavy atom. The molecule has 14 nitrogen and oxygen atoms in total. The molecule has 1 aliphatic heterocycles. The number of nitrogens with one attached hydrogen (secondary N) is 2. The lowest BCUT2D eigenvalue weighted by Gasteiger charge is -2.25. The summed E-state index contributed by atoms with van der Waals surface area (Å²) in [6.07, 6.45) is -5.53. The summed E-state index contributed by atoms with van der Waals surface area (Å²) in [7, 11) is -4.26. The minimum absolute atomic E-state index is 0.169. The lowest BCUT2D eigenvalue weighted by atomic mass is 10.1. The van der Waals surface area contributed by atoms with Crippen LogP contribution < -0.4 is 20.9 Å². The summed E-state index contributed by atoms with van der Waals surface area (Å²) in [6.45, 7) is 4.15. The molecule has 192 valence electrons. The lowest BCUT2D eigenvalue weighted by Crippen LogP contribution is -2.39. The molecule has 4 N–H and O–H groups in total. The van der Waals surface area contributed by atoms with Crippen molar-refractivity contribution in [2.45, 2.75) is 57.5 Å². The number of rotatable bonds is 10. The molecule has 1 saturated heterocycles. The summed E-state index contributed by atoms with van der Waals surface area (Å²) in [6, 6.07) is 6.92. The zero-order chi connectivity index (χ0) is 25.8. The maximum Gasteiger partial charge on any atom is 0.459 e. The fraction of sp³-hybridized carbons (Fsp3) is 0.500. The molecule has 35 heavy (non-hydrogen) atoms. The van der Waals surface area contributed by atoms with E-state index in [1.165, 1.54) is 19.1 Å². The van der Waals surface area contributed by atoms with E-state index in [1.54, 1.807) is 32.0 Å². The highest BCUT2D eigenvalue weighted by Gasteiger charge is 2.46. The van der Waals surface area contributed by atoms with Gasteiger partial charge in [-0.15, -0.1) is 0 Å². The number of carbonyl (C=O) groups excluding carboxylic acids is 1. The van der Waals surface area contributed by atoms with E-state index in [1.807, 2.05) is 4.98 Å². The molecule has 0 radical (unpaired) electrons. The van der Waals surface area contributed by atoms with Crippen molar-refractivity contribution in [3.63, 3.8) is 0 Å². The molecule has 3 rings (SSSR count). The third kappa shape index (κ3) is 6.84. The van der Waals surface area contributed by atoms with E-state index >= 15 is 0 Å². The first-order chi connectivity index (χ1) is 16.5. The normalized spacial score (nSPS) is 24.6. The number of aromatic amines is 1. The molecule has 1 fully saturated rings. The largest absolute Gasteiger partial charge is 0.462 e. The Bertz CT molecular complexity index is 1170. The van der Waals surface area contributed by atoms with Crippen LogP contribution in [-0.2, 0) is 23.4 Å². The number of nitrogens with zero attached hydrogens (tertiary/aromatic N) is 2. The molecular formula is C20H27N4O10P. The summed E-state index contributed by atoms with van der Waals surface area (Å²) in [5.74, 6) is -0.529. The standard InChI is InChI=1S/C20H27N4O10P/c1-11(2)32-19(28)12(3)23-35(30,34-13-7-5-4-6-8-13)31-10-14-16(26)17(27)18(33-14)24-20(29)22-15(25)9-21-24/h4-9,11-12,14,16-18,26-27H,10H2,1-3H3,(H,23,30)(H,22,25,29)/t12-,14+,16?,17-,18+,35?/m0/s1. The average Bonchev–Trinajstić information content (AvgIpc) is 3.06. The summed E-state index contributed by atoms with van der Waals surface area (Å²) in [4.78, 5) is 37.4. The van der Waals surface area contributed by atoms with Crippen molar-refractivity contribution in [3.8, 4) is 5.75 Å². The van der Waals surface area contributed by atoms with Gasteiger partial charge in [0.1, 0.15) is 36.3 Å². The number of aliphatic hydroxyl groups is 2. The average molecular weight is 514 g/mol. The van der Waals surface area contributed by atoms with Crippen molar-refractivity contribution >= 4 is 13.7 Å². The van der Waals surface area contributed by atoms with E-state index in [-0.39, 0.29) is 5.75 Å². The van der Waals surface area contributed by atoms with Crippen molar-refractivity contribution in [3.05, 3.63) is 57.4 Å². The molecule has 1 aromatic carbocycles. The van der Waals surface area contributed by atoms with Gasteiger partial charge in [0.25, 0.3) is 5.56 Å². The Kier molecular flexibility index (Phi) is 8.59. The van der Waals surface area contributed by atoms with Gasteiger partial charge < -0.3 is 24.2 Å². The predicted molar refractivity (Wildman–Crippen MR) is 119 cm³/mol. The summed E-state index contributed by atoms with van der Waals surface area (Å²) in [5.41, 5.74) is -1.72. The van der Waals surface area contributed by atoms with Gasteiger partial charge in [-0.2, -0.15) is 14.9 Å². The van der Waals surface area contributed by atoms with E-state index in [4.69, 9.17) is 18.5 Å². The molecule has 0 amide bonds. The maximum absolute atomic E-state index is 13.5. The van der Waals surface area contributed by atoms with Crippen molar-refractivity contribution < 1.29 is 38.1 Å². The number of ether oxygens (including phenoxy) is 2. The number of para-hydroxylation sites is 1. The van der Waals surface area contributed by atoms with E-state index in [0.717, 1.165) is 6.20 Å². The number of hydrogen-bond donors (Lipinski definition) is 4. The van der Waals surface area contributed by atoms with E-state index in [9.17, 15) is 29.2 Å². The number of H-pyrrole nitrogens is 1. The van der Waals surface area contributed by atoms with Gasteiger partial charge in [-0.25, -0.2) is 9.36 Å². The Balaban J connectivity index is 1.75. The van der Waals surface area contributed by atoms with Gasteiger partial charge in [-0.1, -0.05) is 18.2 Å². The highest BCUT2D eigenvalue weighted by Crippen LogP contribution is 2.45. The first kappa shape index (κ1) is 26.7. The van der Waals surface area contributed by atoms with Crippen LogP contribution in [-0.4, -0.2) is 68.0 Å². The molecular weight excluding hydrogens is 487 g/mol. The van der Waals surface area contributed by atoms with Crippen LogP contribution in [0.25, 0.3) is 0 Å². The number of aliphatic hydroxyl groups excluding tert-OH is 2. The van der Waals surface area contributed by atoms with E-state index in [2.05, 4.69) is 10.2 Å². The fourth-order valence-corrected chi connectivity index (χ4v) is 4.62. The van der Waals surface area contributed by atoms with Crippen LogP contribution in [0.1, 0.15) is 27.0 Å². The SMILES string of the molecule is CC(C)OC(=O)[C@H](C)NP(=O)(OC[C@H]1O[C@@H](n2ncc(=O)[nH]c2=O)[C@@H](O)C1O)Oc1ccccc1. The molecule has 0 bridgehead atoms. The van der Waals surface area contributed by atoms with Crippen LogP contribution in [0.15, 0.2) is 46.1 Å². The molecule has 1 aliphatic rings. The van der Waals surface area contributed by atoms with Gasteiger partial charge in [0.15, 0.2) is 6.23 Å². The highest BCUT2D eigenvalue weighted by atomic mass is 31.2. The Labute approximate surface area is 199 Å². The van der Waals surface area contributed by atoms with Crippen LogP contribution in [0.2, 0.25) is 0 Å². The molecule has 15 heteroatoms. The lowest BCUT2D eigenvalue weighted by molar-refractivity contribution is -0.149. The monoisotopic (exact) mass is 514 g/mol. The second-order valence-corrected chi connectivity index (χ2v) is 9.66. The third-order valence-corrected chi connectivity index (χ3v) is 6.39. The minimum Gasteiger partial charge on any atom is -0.462 e. The van der Waals surface area contributed by atoms with Gasteiger partial charge in [0.2, 0.25) is 0 Å². The zero-order valence-corrected chi connectivity index (χ0v) is 20.0. The molecule has 6 atom stereocenters. The Morgan fingerprint density at radius 3 is 2.54 bits per heavy atom. The second kappa shape index (κ2) is 11.2. The molecule has 2 aromatic rings. The van der Waals surface area contributed by atoms with Crippen molar-refractivity contribution in [1.29, 1.82) is 0 Å². The summed E-state index contributed by atoms with van der Waals surface area (Å²) < 4.78 is 35.7. The van der Waals surface area contributed by atoms with E-state index < -0.39 is 68.3 Å². The quantitative estimate of drug-likeness (QED) is 0.239. The first-order valence-electron chi connectivity index (χ1n) is 10.7. The summed E-state index contributed by atoms with van der Waals surface area (Å²) in [5, 5.41) is 26.8. The topological polar surface area (TPSA) is 191 Å². The fourth-order valence-electron chi connectivity index (χ4n) is 3.12. The molecule has 0 saturated carbocycles. The van der Waals surface area contributed by atoms with Crippen LogP contribution in [0.3, 0.4) is 0 Å². The molecule has 2 unspecified atom stereocenters. The van der Waals surface area contributed by atoms with Gasteiger partial charge >= 0.3 is 19.4 Å². The van der Waals surface area contributed by atoms with Crippen LogP contribution in [0, 0.1) is 0 Å². The van der Waals surface area contributed by atoms with Crippen molar-refractivity contribution in [2.24, 2.45) is 0 Å². The highest BCUT2D eigenvalue weighted by molar-refractivity contribution is 7.52. The third-order valence-electron chi connectivity index (χ3n) is 4.75. The number of esters is 1. The smallest absolute Gasteiger partial charge is 0.459 e. The van der Waals surface area contributed by atoms with Crippen molar-refractivity contribution in [1.82, 2.24) is 19.9 Å². The van der Waals surface area contributed by atoms with Crippen LogP contribution in [0.5, 0.6) is 5.75 Å². The Hall–Kier alpha value is -2.87. The van der Waals surface area contributed by atoms with Gasteiger partial charge in [-0.3, -0.25) is 19.1 Å². The molecule has 0 spiro atoms. The number of aromatic nitrogens is 3. The number of benzene rings is 1.